The highest BCUT2D eigenvalue weighted by Gasteiger charge is 2.24. The molecule has 8 nitrogen and oxygen atoms in total. The number of benzene rings is 6. The van der Waals surface area contributed by atoms with E-state index in [2.05, 4.69) is 0 Å². The van der Waals surface area contributed by atoms with Crippen LogP contribution in [0.1, 0.15) is 33.4 Å². The third-order valence-electron chi connectivity index (χ3n) is 8.48. The maximum Gasteiger partial charge on any atom is 0.347 e. The summed E-state index contributed by atoms with van der Waals surface area (Å²) in [6.45, 7) is 1.35. The van der Waals surface area contributed by atoms with Crippen LogP contribution in [0.5, 0.6) is 23.0 Å². The second-order valence-electron chi connectivity index (χ2n) is 12.6. The van der Waals surface area contributed by atoms with E-state index in [-0.39, 0.29) is 6.42 Å². The van der Waals surface area contributed by atoms with Crippen molar-refractivity contribution in [3.8, 4) is 23.0 Å². The quantitative estimate of drug-likeness (QED) is 0.0638. The summed E-state index contributed by atoms with van der Waals surface area (Å²) in [5.74, 6) is 0.720. The van der Waals surface area contributed by atoms with Crippen molar-refractivity contribution in [2.45, 2.75) is 39.0 Å². The van der Waals surface area contributed by atoms with Gasteiger partial charge in [0.2, 0.25) is 6.10 Å². The number of hydrogen-bond acceptors (Lipinski definition) is 8. The van der Waals surface area contributed by atoms with E-state index in [0.29, 0.717) is 60.6 Å². The highest BCUT2D eigenvalue weighted by atomic mass is 16.6. The molecule has 0 aliphatic rings. The van der Waals surface area contributed by atoms with Crippen molar-refractivity contribution in [1.82, 2.24) is 0 Å². The molecule has 1 atom stereocenters. The van der Waals surface area contributed by atoms with Gasteiger partial charge in [-0.1, -0.05) is 133 Å². The van der Waals surface area contributed by atoms with Crippen molar-refractivity contribution in [3.05, 3.63) is 197 Å². The summed E-state index contributed by atoms with van der Waals surface area (Å²) in [5, 5.41) is 0. The van der Waals surface area contributed by atoms with E-state index in [1.54, 1.807) is 30.3 Å². The van der Waals surface area contributed by atoms with E-state index in [0.717, 1.165) is 22.3 Å². The van der Waals surface area contributed by atoms with Crippen LogP contribution in [0.3, 0.4) is 0 Å². The molecule has 0 saturated carbocycles. The summed E-state index contributed by atoms with van der Waals surface area (Å²) in [6, 6.07) is 50.1. The Labute approximate surface area is 321 Å². The van der Waals surface area contributed by atoms with Gasteiger partial charge in [-0.05, 0) is 63.7 Å². The molecular formula is C47H42O8. The van der Waals surface area contributed by atoms with Crippen LogP contribution in [-0.4, -0.2) is 25.2 Å². The Morgan fingerprint density at radius 2 is 0.909 bits per heavy atom. The molecular weight excluding hydrogens is 693 g/mol. The lowest BCUT2D eigenvalue weighted by Crippen LogP contribution is -2.30. The number of ether oxygens (including phenoxy) is 6. The van der Waals surface area contributed by atoms with Crippen LogP contribution >= 0.6 is 0 Å². The first-order chi connectivity index (χ1) is 27.0. The molecule has 6 rings (SSSR count). The van der Waals surface area contributed by atoms with Crippen molar-refractivity contribution in [2.75, 3.05) is 7.11 Å². The van der Waals surface area contributed by atoms with Crippen LogP contribution in [0.15, 0.2) is 164 Å². The Morgan fingerprint density at radius 3 is 1.36 bits per heavy atom. The molecule has 0 saturated heterocycles. The van der Waals surface area contributed by atoms with Gasteiger partial charge in [-0.15, -0.1) is 0 Å². The summed E-state index contributed by atoms with van der Waals surface area (Å²) in [7, 11) is 1.26. The molecule has 0 aromatic heterocycles. The third-order valence-corrected chi connectivity index (χ3v) is 8.48. The summed E-state index contributed by atoms with van der Waals surface area (Å²) < 4.78 is 35.3. The van der Waals surface area contributed by atoms with E-state index >= 15 is 0 Å². The average molecular weight is 735 g/mol. The predicted octanol–water partition coefficient (Wildman–Crippen LogP) is 9.34. The van der Waals surface area contributed by atoms with Gasteiger partial charge in [-0.2, -0.15) is 0 Å². The number of rotatable bonds is 18. The molecule has 0 spiro atoms. The topological polar surface area (TPSA) is 89.5 Å². The Balaban J connectivity index is 1.15. The SMILES string of the molecule is COC(=O)C(Cc1ccc(OCc2ccccc2)c(OCc2ccccc2)c1)OC(=O)/C=C/c1ccc(OCc2ccccc2)c(OCc2ccccc2)c1. The second kappa shape index (κ2) is 19.9. The summed E-state index contributed by atoms with van der Waals surface area (Å²) >= 11 is 0. The van der Waals surface area contributed by atoms with Gasteiger partial charge in [0.15, 0.2) is 23.0 Å². The fraction of sp³-hybridized carbons (Fsp3) is 0.149. The van der Waals surface area contributed by atoms with Crippen LogP contribution in [-0.2, 0) is 51.9 Å². The van der Waals surface area contributed by atoms with Crippen molar-refractivity contribution in [1.29, 1.82) is 0 Å². The second-order valence-corrected chi connectivity index (χ2v) is 12.6. The molecule has 0 N–H and O–H groups in total. The number of carbonyl (C=O) groups is 2. The lowest BCUT2D eigenvalue weighted by atomic mass is 10.1. The highest BCUT2D eigenvalue weighted by Crippen LogP contribution is 2.32. The zero-order valence-corrected chi connectivity index (χ0v) is 30.5. The Hall–Kier alpha value is -6.80. The smallest absolute Gasteiger partial charge is 0.347 e. The van der Waals surface area contributed by atoms with Crippen molar-refractivity contribution in [3.63, 3.8) is 0 Å². The molecule has 6 aromatic carbocycles. The molecule has 278 valence electrons. The third kappa shape index (κ3) is 11.9. The first-order valence-electron chi connectivity index (χ1n) is 17.9. The molecule has 0 bridgehead atoms. The average Bonchev–Trinajstić information content (AvgIpc) is 3.24. The first-order valence-corrected chi connectivity index (χ1v) is 17.9. The van der Waals surface area contributed by atoms with Gasteiger partial charge in [0.25, 0.3) is 0 Å². The van der Waals surface area contributed by atoms with Crippen LogP contribution < -0.4 is 18.9 Å². The van der Waals surface area contributed by atoms with Gasteiger partial charge >= 0.3 is 11.9 Å². The molecule has 0 radical (unpaired) electrons. The van der Waals surface area contributed by atoms with Gasteiger partial charge in [0.1, 0.15) is 26.4 Å². The summed E-state index contributed by atoms with van der Waals surface area (Å²) in [6.07, 6.45) is 1.71. The van der Waals surface area contributed by atoms with Gasteiger partial charge in [0, 0.05) is 12.5 Å². The zero-order chi connectivity index (χ0) is 38.1. The van der Waals surface area contributed by atoms with Crippen LogP contribution in [0.25, 0.3) is 6.08 Å². The van der Waals surface area contributed by atoms with Crippen molar-refractivity contribution >= 4 is 18.0 Å². The van der Waals surface area contributed by atoms with Gasteiger partial charge in [0.05, 0.1) is 7.11 Å². The molecule has 6 aromatic rings. The standard InChI is InChI=1S/C47H42O8/c1-50-47(49)45(30-40-23-26-42(52-32-37-16-8-3-9-17-37)44(29-40)54-34-39-20-12-5-13-21-39)55-46(48)27-24-35-22-25-41(51-31-36-14-6-2-7-15-36)43(28-35)53-33-38-18-10-4-11-19-38/h2-29,45H,30-34H2,1H3/b27-24+. The summed E-state index contributed by atoms with van der Waals surface area (Å²) in [4.78, 5) is 26.0. The van der Waals surface area contributed by atoms with E-state index in [1.165, 1.54) is 13.2 Å². The zero-order valence-electron chi connectivity index (χ0n) is 30.5. The van der Waals surface area contributed by atoms with Crippen molar-refractivity contribution in [2.24, 2.45) is 0 Å². The predicted molar refractivity (Wildman–Crippen MR) is 211 cm³/mol. The normalized spacial score (nSPS) is 11.4. The Morgan fingerprint density at radius 1 is 0.491 bits per heavy atom. The first kappa shape index (κ1) is 37.9. The largest absolute Gasteiger partial charge is 0.485 e. The highest BCUT2D eigenvalue weighted by molar-refractivity contribution is 5.89. The molecule has 0 amide bonds. The number of carbonyl (C=O) groups excluding carboxylic acids is 2. The lowest BCUT2D eigenvalue weighted by molar-refractivity contribution is -0.162. The van der Waals surface area contributed by atoms with Gasteiger partial charge in [-0.3, -0.25) is 0 Å². The molecule has 55 heavy (non-hydrogen) atoms. The van der Waals surface area contributed by atoms with Crippen LogP contribution in [0, 0.1) is 0 Å². The Kier molecular flexibility index (Phi) is 13.7. The molecule has 8 heteroatoms. The fourth-order valence-corrected chi connectivity index (χ4v) is 5.58. The van der Waals surface area contributed by atoms with E-state index in [1.807, 2.05) is 133 Å². The van der Waals surface area contributed by atoms with Gasteiger partial charge < -0.3 is 28.4 Å². The molecule has 0 aliphatic carbocycles. The molecule has 0 heterocycles. The monoisotopic (exact) mass is 734 g/mol. The number of esters is 2. The minimum atomic E-state index is -1.21. The minimum absolute atomic E-state index is 0.0534. The number of hydrogen-bond donors (Lipinski definition) is 0. The van der Waals surface area contributed by atoms with Crippen LogP contribution in [0.4, 0.5) is 0 Å². The van der Waals surface area contributed by atoms with Gasteiger partial charge in [-0.25, -0.2) is 9.59 Å². The molecule has 1 unspecified atom stereocenters. The Bertz CT molecular complexity index is 2140. The van der Waals surface area contributed by atoms with E-state index in [9.17, 15) is 9.59 Å². The lowest BCUT2D eigenvalue weighted by Gasteiger charge is -2.17. The molecule has 0 aliphatic heterocycles. The number of methoxy groups -OCH3 is 1. The van der Waals surface area contributed by atoms with E-state index < -0.39 is 18.0 Å². The maximum atomic E-state index is 13.1. The fourth-order valence-electron chi connectivity index (χ4n) is 5.58. The minimum Gasteiger partial charge on any atom is -0.485 e. The maximum absolute atomic E-state index is 13.1. The van der Waals surface area contributed by atoms with E-state index in [4.69, 9.17) is 28.4 Å². The summed E-state index contributed by atoms with van der Waals surface area (Å²) in [5.41, 5.74) is 5.38. The van der Waals surface area contributed by atoms with Crippen molar-refractivity contribution < 1.29 is 38.0 Å². The molecule has 0 fully saturated rings. The van der Waals surface area contributed by atoms with Crippen LogP contribution in [0.2, 0.25) is 0 Å².